The van der Waals surface area contributed by atoms with Gasteiger partial charge >= 0.3 is 0 Å². The molecule has 1 aromatic carbocycles. The van der Waals surface area contributed by atoms with Crippen molar-refractivity contribution < 1.29 is 9.69 Å². The second kappa shape index (κ2) is 7.44. The summed E-state index contributed by atoms with van der Waals surface area (Å²) in [7, 11) is 0. The molecule has 3 rings (SSSR count). The number of carbonyl (C=O) groups excluding carboxylic acids is 1. The Labute approximate surface area is 140 Å². The lowest BCUT2D eigenvalue weighted by Gasteiger charge is -2.33. The monoisotopic (exact) mass is 331 g/mol. The van der Waals surface area contributed by atoms with Crippen LogP contribution >= 0.6 is 11.6 Å². The van der Waals surface area contributed by atoms with E-state index < -0.39 is 0 Å². The minimum absolute atomic E-state index is 0.0111. The molecule has 0 aliphatic carbocycles. The molecular weight excluding hydrogens is 312 g/mol. The van der Waals surface area contributed by atoms with Crippen molar-refractivity contribution in [3.8, 4) is 0 Å². The summed E-state index contributed by atoms with van der Waals surface area (Å²) in [6, 6.07) is 13.8. The lowest BCUT2D eigenvalue weighted by Crippen LogP contribution is -3.15. The number of pyridine rings is 1. The van der Waals surface area contributed by atoms with Crippen LogP contribution in [0.15, 0.2) is 48.7 Å². The first-order valence-corrected chi connectivity index (χ1v) is 8.13. The summed E-state index contributed by atoms with van der Waals surface area (Å²) >= 11 is 5.78. The molecule has 1 fully saturated rings. The number of carbonyl (C=O) groups is 1. The predicted molar refractivity (Wildman–Crippen MR) is 92.1 cm³/mol. The van der Waals surface area contributed by atoms with Gasteiger partial charge in [0.2, 0.25) is 0 Å². The van der Waals surface area contributed by atoms with E-state index in [1.54, 1.807) is 12.1 Å². The van der Waals surface area contributed by atoms with Gasteiger partial charge in [-0.05, 0) is 24.3 Å². The molecule has 6 heteroatoms. The fraction of sp³-hybridized carbons (Fsp3) is 0.294. The van der Waals surface area contributed by atoms with Crippen molar-refractivity contribution in [2.75, 3.05) is 42.9 Å². The highest BCUT2D eigenvalue weighted by Crippen LogP contribution is 2.12. The number of quaternary nitrogens is 1. The van der Waals surface area contributed by atoms with Gasteiger partial charge in [0.25, 0.3) is 5.91 Å². The van der Waals surface area contributed by atoms with E-state index in [-0.39, 0.29) is 5.91 Å². The largest absolute Gasteiger partial charge is 0.360 e. The van der Waals surface area contributed by atoms with Gasteiger partial charge in [0.1, 0.15) is 5.82 Å². The molecule has 0 atom stereocenters. The highest BCUT2D eigenvalue weighted by Gasteiger charge is 2.22. The van der Waals surface area contributed by atoms with Crippen LogP contribution in [0.3, 0.4) is 0 Å². The van der Waals surface area contributed by atoms with Crippen molar-refractivity contribution in [1.29, 1.82) is 0 Å². The number of para-hydroxylation sites is 1. The zero-order valence-electron chi connectivity index (χ0n) is 12.8. The van der Waals surface area contributed by atoms with E-state index in [9.17, 15) is 4.79 Å². The predicted octanol–water partition coefficient (Wildman–Crippen LogP) is 1.08. The number of piperazine rings is 1. The summed E-state index contributed by atoms with van der Waals surface area (Å²) < 4.78 is 0. The van der Waals surface area contributed by atoms with Gasteiger partial charge < -0.3 is 15.1 Å². The average molecular weight is 332 g/mol. The number of amides is 1. The van der Waals surface area contributed by atoms with Crippen molar-refractivity contribution in [2.24, 2.45) is 0 Å². The number of nitrogens with one attached hydrogen (secondary N) is 2. The van der Waals surface area contributed by atoms with E-state index in [2.05, 4.69) is 39.5 Å². The number of hydrogen-bond acceptors (Lipinski definition) is 3. The number of benzene rings is 1. The van der Waals surface area contributed by atoms with Crippen LogP contribution in [0, 0.1) is 0 Å². The van der Waals surface area contributed by atoms with Gasteiger partial charge in [0, 0.05) is 11.9 Å². The quantitative estimate of drug-likeness (QED) is 0.881. The van der Waals surface area contributed by atoms with Crippen molar-refractivity contribution in [2.45, 2.75) is 0 Å². The Bertz CT molecular complexity index is 639. The second-order valence-corrected chi connectivity index (χ2v) is 6.10. The first kappa shape index (κ1) is 15.8. The maximum atomic E-state index is 12.1. The summed E-state index contributed by atoms with van der Waals surface area (Å²) in [5.41, 5.74) is 1.25. The van der Waals surface area contributed by atoms with E-state index in [1.165, 1.54) is 16.8 Å². The Hall–Kier alpha value is -2.11. The molecule has 0 bridgehead atoms. The molecule has 1 amide bonds. The van der Waals surface area contributed by atoms with Crippen LogP contribution < -0.4 is 15.1 Å². The van der Waals surface area contributed by atoms with Crippen LogP contribution in [0.2, 0.25) is 5.02 Å². The summed E-state index contributed by atoms with van der Waals surface area (Å²) in [6.07, 6.45) is 1.53. The zero-order chi connectivity index (χ0) is 16.1. The Kier molecular flexibility index (Phi) is 5.10. The molecule has 0 unspecified atom stereocenters. The third-order valence-corrected chi connectivity index (χ3v) is 4.22. The van der Waals surface area contributed by atoms with E-state index in [0.29, 0.717) is 17.4 Å². The molecule has 0 radical (unpaired) electrons. The Morgan fingerprint density at radius 2 is 1.91 bits per heavy atom. The van der Waals surface area contributed by atoms with Crippen LogP contribution in [0.25, 0.3) is 0 Å². The second-order valence-electron chi connectivity index (χ2n) is 5.66. The Morgan fingerprint density at radius 1 is 1.17 bits per heavy atom. The summed E-state index contributed by atoms with van der Waals surface area (Å²) in [6.45, 7) is 4.30. The lowest BCUT2D eigenvalue weighted by molar-refractivity contribution is -0.892. The summed E-state index contributed by atoms with van der Waals surface area (Å²) in [4.78, 5) is 19.8. The smallest absolute Gasteiger partial charge is 0.280 e. The molecule has 23 heavy (non-hydrogen) atoms. The van der Waals surface area contributed by atoms with Crippen LogP contribution in [0.5, 0.6) is 0 Å². The molecule has 0 saturated carbocycles. The SMILES string of the molecule is O=C(C[NH+]1CCN(c2ccccc2)CC1)Nc1ccc(Cl)cn1. The highest BCUT2D eigenvalue weighted by atomic mass is 35.5. The molecule has 1 aromatic heterocycles. The molecule has 120 valence electrons. The van der Waals surface area contributed by atoms with Crippen LogP contribution in [0.1, 0.15) is 0 Å². The van der Waals surface area contributed by atoms with Crippen molar-refractivity contribution in [3.63, 3.8) is 0 Å². The van der Waals surface area contributed by atoms with Crippen LogP contribution in [-0.4, -0.2) is 43.6 Å². The lowest BCUT2D eigenvalue weighted by atomic mass is 10.2. The van der Waals surface area contributed by atoms with Crippen LogP contribution in [0.4, 0.5) is 11.5 Å². The molecule has 0 spiro atoms. The third kappa shape index (κ3) is 4.43. The molecule has 5 nitrogen and oxygen atoms in total. The number of nitrogens with zero attached hydrogens (tertiary/aromatic N) is 2. The van der Waals surface area contributed by atoms with Gasteiger partial charge in [0.15, 0.2) is 6.54 Å². The number of anilines is 2. The fourth-order valence-corrected chi connectivity index (χ4v) is 2.87. The van der Waals surface area contributed by atoms with E-state index in [1.807, 2.05) is 6.07 Å². The minimum atomic E-state index is -0.0111. The summed E-state index contributed by atoms with van der Waals surface area (Å²) in [5, 5.41) is 3.38. The van der Waals surface area contributed by atoms with Gasteiger partial charge in [-0.15, -0.1) is 0 Å². The number of aromatic nitrogens is 1. The molecule has 2 heterocycles. The Morgan fingerprint density at radius 3 is 2.57 bits per heavy atom. The fourth-order valence-electron chi connectivity index (χ4n) is 2.76. The van der Waals surface area contributed by atoms with Gasteiger partial charge in [0.05, 0.1) is 31.2 Å². The van der Waals surface area contributed by atoms with Gasteiger partial charge in [-0.2, -0.15) is 0 Å². The van der Waals surface area contributed by atoms with Crippen molar-refractivity contribution >= 4 is 29.0 Å². The van der Waals surface area contributed by atoms with E-state index >= 15 is 0 Å². The normalized spacial score (nSPS) is 15.4. The Balaban J connectivity index is 1.47. The van der Waals surface area contributed by atoms with Gasteiger partial charge in [-0.3, -0.25) is 4.79 Å². The average Bonchev–Trinajstić information content (AvgIpc) is 2.58. The van der Waals surface area contributed by atoms with E-state index in [0.717, 1.165) is 26.2 Å². The molecule has 2 N–H and O–H groups in total. The molecule has 1 aliphatic rings. The van der Waals surface area contributed by atoms with Crippen LogP contribution in [-0.2, 0) is 4.79 Å². The number of rotatable bonds is 4. The van der Waals surface area contributed by atoms with Crippen molar-refractivity contribution in [1.82, 2.24) is 4.98 Å². The minimum Gasteiger partial charge on any atom is -0.360 e. The molecular formula is C17H20ClN4O+. The maximum absolute atomic E-state index is 12.1. The zero-order valence-corrected chi connectivity index (χ0v) is 13.6. The maximum Gasteiger partial charge on any atom is 0.280 e. The molecule has 1 aliphatic heterocycles. The first-order chi connectivity index (χ1) is 11.2. The number of hydrogen-bond donors (Lipinski definition) is 2. The van der Waals surface area contributed by atoms with Gasteiger partial charge in [-0.1, -0.05) is 29.8 Å². The van der Waals surface area contributed by atoms with E-state index in [4.69, 9.17) is 11.6 Å². The molecule has 2 aromatic rings. The molecule has 1 saturated heterocycles. The standard InChI is InChI=1S/C17H19ClN4O/c18-14-6-7-16(19-12-14)20-17(23)13-21-8-10-22(11-9-21)15-4-2-1-3-5-15/h1-7,12H,8-11,13H2,(H,19,20,23)/p+1. The highest BCUT2D eigenvalue weighted by molar-refractivity contribution is 6.30. The van der Waals surface area contributed by atoms with Gasteiger partial charge in [-0.25, -0.2) is 4.98 Å². The first-order valence-electron chi connectivity index (χ1n) is 7.76. The third-order valence-electron chi connectivity index (χ3n) is 4.00. The number of halogens is 1. The van der Waals surface area contributed by atoms with Crippen molar-refractivity contribution in [3.05, 3.63) is 53.7 Å². The topological polar surface area (TPSA) is 49.7 Å². The summed E-state index contributed by atoms with van der Waals surface area (Å²) in [5.74, 6) is 0.532.